The number of hydrogen-bond acceptors (Lipinski definition) is 2. The topological polar surface area (TPSA) is 22.4 Å². The highest BCUT2D eigenvalue weighted by Crippen LogP contribution is 2.28. The highest BCUT2D eigenvalue weighted by Gasteiger charge is 2.11. The van der Waals surface area contributed by atoms with E-state index in [1.165, 1.54) is 7.11 Å². The molecule has 2 nitrogen and oxygen atoms in total. The average Bonchev–Trinajstić information content (AvgIpc) is 2.47. The predicted molar refractivity (Wildman–Crippen MR) is 47.5 cm³/mol. The van der Waals surface area contributed by atoms with Gasteiger partial charge in [0.15, 0.2) is 11.3 Å². The molecular weight excluding hydrogens is 171 g/mol. The highest BCUT2D eigenvalue weighted by atomic mass is 19.1. The summed E-state index contributed by atoms with van der Waals surface area (Å²) in [6, 6.07) is 5.15. The third kappa shape index (κ3) is 1.16. The molecule has 0 radical (unpaired) electrons. The molecular formula is C10H9FO2. The molecule has 2 rings (SSSR count). The summed E-state index contributed by atoms with van der Waals surface area (Å²) in [6.07, 6.45) is 0. The van der Waals surface area contributed by atoms with Crippen molar-refractivity contribution in [2.45, 2.75) is 6.92 Å². The number of furan rings is 1. The molecule has 0 atom stereocenters. The van der Waals surface area contributed by atoms with E-state index < -0.39 is 5.82 Å². The van der Waals surface area contributed by atoms with Crippen molar-refractivity contribution in [3.63, 3.8) is 0 Å². The second-order valence-corrected chi connectivity index (χ2v) is 2.86. The zero-order valence-electron chi connectivity index (χ0n) is 7.43. The normalized spacial score (nSPS) is 10.7. The molecule has 0 saturated carbocycles. The van der Waals surface area contributed by atoms with Gasteiger partial charge >= 0.3 is 0 Å². The maximum Gasteiger partial charge on any atom is 0.208 e. The molecule has 1 heterocycles. The van der Waals surface area contributed by atoms with Crippen molar-refractivity contribution in [3.8, 4) is 5.75 Å². The number of fused-ring (bicyclic) bond motifs is 1. The fourth-order valence-corrected chi connectivity index (χ4v) is 1.34. The van der Waals surface area contributed by atoms with Gasteiger partial charge in [0.1, 0.15) is 5.76 Å². The number of benzene rings is 1. The van der Waals surface area contributed by atoms with Crippen LogP contribution in [0.4, 0.5) is 4.39 Å². The van der Waals surface area contributed by atoms with Gasteiger partial charge in [-0.15, -0.1) is 0 Å². The van der Waals surface area contributed by atoms with Crippen molar-refractivity contribution in [2.75, 3.05) is 7.11 Å². The molecule has 0 bridgehead atoms. The van der Waals surface area contributed by atoms with Crippen LogP contribution in [0.2, 0.25) is 0 Å². The number of aryl methyl sites for hydroxylation is 1. The van der Waals surface area contributed by atoms with E-state index in [-0.39, 0.29) is 11.3 Å². The van der Waals surface area contributed by atoms with Gasteiger partial charge in [-0.1, -0.05) is 0 Å². The van der Waals surface area contributed by atoms with Crippen LogP contribution in [0.3, 0.4) is 0 Å². The van der Waals surface area contributed by atoms with Gasteiger partial charge in [-0.25, -0.2) is 0 Å². The minimum Gasteiger partial charge on any atom is -0.494 e. The molecule has 1 aromatic carbocycles. The smallest absolute Gasteiger partial charge is 0.208 e. The van der Waals surface area contributed by atoms with Gasteiger partial charge in [0.05, 0.1) is 7.11 Å². The Balaban J connectivity index is 2.78. The fraction of sp³-hybridized carbons (Fsp3) is 0.200. The fourth-order valence-electron chi connectivity index (χ4n) is 1.34. The molecule has 0 unspecified atom stereocenters. The highest BCUT2D eigenvalue weighted by molar-refractivity contribution is 5.80. The van der Waals surface area contributed by atoms with E-state index in [1.54, 1.807) is 25.1 Å². The zero-order chi connectivity index (χ0) is 9.42. The van der Waals surface area contributed by atoms with E-state index in [0.717, 1.165) is 5.39 Å². The molecule has 0 N–H and O–H groups in total. The summed E-state index contributed by atoms with van der Waals surface area (Å²) < 4.78 is 23.5. The lowest BCUT2D eigenvalue weighted by Gasteiger charge is -2.00. The third-order valence-electron chi connectivity index (χ3n) is 1.93. The van der Waals surface area contributed by atoms with Crippen LogP contribution in [-0.4, -0.2) is 7.11 Å². The van der Waals surface area contributed by atoms with Crippen LogP contribution < -0.4 is 4.74 Å². The standard InChI is InChI=1S/C10H9FO2/c1-6-5-7-3-4-8(12-2)9(11)10(7)13-6/h3-5H,1-2H3. The van der Waals surface area contributed by atoms with Gasteiger partial charge in [-0.2, -0.15) is 4.39 Å². The van der Waals surface area contributed by atoms with Crippen LogP contribution in [0.1, 0.15) is 5.76 Å². The molecule has 0 saturated heterocycles. The van der Waals surface area contributed by atoms with E-state index in [0.29, 0.717) is 5.76 Å². The number of rotatable bonds is 1. The van der Waals surface area contributed by atoms with Crippen molar-refractivity contribution in [1.29, 1.82) is 0 Å². The average molecular weight is 180 g/mol. The van der Waals surface area contributed by atoms with Gasteiger partial charge in [0.25, 0.3) is 0 Å². The molecule has 0 aliphatic rings. The Bertz CT molecular complexity index is 445. The summed E-state index contributed by atoms with van der Waals surface area (Å²) in [5.41, 5.74) is 0.261. The van der Waals surface area contributed by atoms with Crippen molar-refractivity contribution in [3.05, 3.63) is 29.8 Å². The first-order valence-corrected chi connectivity index (χ1v) is 3.95. The van der Waals surface area contributed by atoms with Crippen LogP contribution in [0, 0.1) is 12.7 Å². The van der Waals surface area contributed by atoms with Crippen LogP contribution in [-0.2, 0) is 0 Å². The van der Waals surface area contributed by atoms with E-state index >= 15 is 0 Å². The van der Waals surface area contributed by atoms with Crippen LogP contribution in [0.15, 0.2) is 22.6 Å². The van der Waals surface area contributed by atoms with E-state index in [1.807, 2.05) is 0 Å². The summed E-state index contributed by atoms with van der Waals surface area (Å²) >= 11 is 0. The zero-order valence-corrected chi connectivity index (χ0v) is 7.43. The molecule has 0 amide bonds. The number of hydrogen-bond donors (Lipinski definition) is 0. The van der Waals surface area contributed by atoms with E-state index in [4.69, 9.17) is 9.15 Å². The molecule has 3 heteroatoms. The molecule has 1 aromatic heterocycles. The minimum absolute atomic E-state index is 0.210. The first-order valence-electron chi connectivity index (χ1n) is 3.95. The Morgan fingerprint density at radius 2 is 2.15 bits per heavy atom. The van der Waals surface area contributed by atoms with Crippen LogP contribution >= 0.6 is 0 Å². The minimum atomic E-state index is -0.437. The van der Waals surface area contributed by atoms with Crippen molar-refractivity contribution >= 4 is 11.0 Å². The molecule has 68 valence electrons. The maximum atomic E-state index is 13.5. The molecule has 0 spiro atoms. The Hall–Kier alpha value is -1.51. The Morgan fingerprint density at radius 1 is 1.38 bits per heavy atom. The molecule has 0 aliphatic carbocycles. The lowest BCUT2D eigenvalue weighted by molar-refractivity contribution is 0.384. The third-order valence-corrected chi connectivity index (χ3v) is 1.93. The first kappa shape index (κ1) is 8.10. The second kappa shape index (κ2) is 2.76. The number of ether oxygens (including phenoxy) is 1. The van der Waals surface area contributed by atoms with Crippen molar-refractivity contribution in [2.24, 2.45) is 0 Å². The molecule has 2 aromatic rings. The Kier molecular flexibility index (Phi) is 1.72. The summed E-state index contributed by atoms with van der Waals surface area (Å²) in [7, 11) is 1.43. The summed E-state index contributed by atoms with van der Waals surface area (Å²) in [5, 5.41) is 0.760. The van der Waals surface area contributed by atoms with Crippen LogP contribution in [0.5, 0.6) is 5.75 Å². The van der Waals surface area contributed by atoms with Gasteiger partial charge in [0, 0.05) is 5.39 Å². The van der Waals surface area contributed by atoms with Gasteiger partial charge in [-0.3, -0.25) is 0 Å². The van der Waals surface area contributed by atoms with Crippen LogP contribution in [0.25, 0.3) is 11.0 Å². The summed E-state index contributed by atoms with van der Waals surface area (Å²) in [6.45, 7) is 1.78. The summed E-state index contributed by atoms with van der Waals surface area (Å²) in [4.78, 5) is 0. The number of methoxy groups -OCH3 is 1. The quantitative estimate of drug-likeness (QED) is 0.673. The van der Waals surface area contributed by atoms with E-state index in [2.05, 4.69) is 0 Å². The van der Waals surface area contributed by atoms with Crippen molar-refractivity contribution in [1.82, 2.24) is 0 Å². The Morgan fingerprint density at radius 3 is 2.85 bits per heavy atom. The van der Waals surface area contributed by atoms with Crippen molar-refractivity contribution < 1.29 is 13.5 Å². The lowest BCUT2D eigenvalue weighted by Crippen LogP contribution is -1.86. The first-order chi connectivity index (χ1) is 6.22. The Labute approximate surface area is 74.9 Å². The summed E-state index contributed by atoms with van der Waals surface area (Å²) in [5.74, 6) is 0.470. The van der Waals surface area contributed by atoms with Gasteiger partial charge in [-0.05, 0) is 25.1 Å². The van der Waals surface area contributed by atoms with E-state index in [9.17, 15) is 4.39 Å². The predicted octanol–water partition coefficient (Wildman–Crippen LogP) is 2.89. The van der Waals surface area contributed by atoms with Gasteiger partial charge < -0.3 is 9.15 Å². The number of halogens is 1. The molecule has 0 aliphatic heterocycles. The second-order valence-electron chi connectivity index (χ2n) is 2.86. The molecule has 0 fully saturated rings. The largest absolute Gasteiger partial charge is 0.494 e. The lowest BCUT2D eigenvalue weighted by atomic mass is 10.2. The molecule has 13 heavy (non-hydrogen) atoms. The SMILES string of the molecule is COc1ccc2cc(C)oc2c1F. The van der Waals surface area contributed by atoms with Gasteiger partial charge in [0.2, 0.25) is 5.82 Å². The monoisotopic (exact) mass is 180 g/mol. The maximum absolute atomic E-state index is 13.5.